The van der Waals surface area contributed by atoms with E-state index in [2.05, 4.69) is 25.8 Å². The van der Waals surface area contributed by atoms with Crippen molar-refractivity contribution in [1.29, 1.82) is 0 Å². The van der Waals surface area contributed by atoms with Crippen LogP contribution in [0.5, 0.6) is 0 Å². The van der Waals surface area contributed by atoms with Crippen molar-refractivity contribution < 1.29 is 4.79 Å². The molecule has 1 amide bonds. The van der Waals surface area contributed by atoms with Gasteiger partial charge in [0.05, 0.1) is 0 Å². The second-order valence-corrected chi connectivity index (χ2v) is 4.18. The number of nitrogens with one attached hydrogen (secondary N) is 2. The van der Waals surface area contributed by atoms with E-state index >= 15 is 0 Å². The molecule has 2 rings (SSSR count). The van der Waals surface area contributed by atoms with E-state index < -0.39 is 0 Å². The molecule has 17 heavy (non-hydrogen) atoms. The molecule has 2 heterocycles. The Kier molecular flexibility index (Phi) is 3.61. The van der Waals surface area contributed by atoms with Crippen molar-refractivity contribution >= 4 is 22.4 Å². The fourth-order valence-electron chi connectivity index (χ4n) is 1.17. The zero-order valence-corrected chi connectivity index (χ0v) is 9.99. The number of carbonyl (C=O) groups excluding carboxylic acids is 1. The molecule has 0 radical (unpaired) electrons. The van der Waals surface area contributed by atoms with E-state index in [9.17, 15) is 4.79 Å². The molecule has 0 aliphatic carbocycles. The molecule has 2 aromatic rings. The highest BCUT2D eigenvalue weighted by molar-refractivity contribution is 7.17. The lowest BCUT2D eigenvalue weighted by Gasteiger charge is -2.01. The Morgan fingerprint density at radius 3 is 2.76 bits per heavy atom. The third-order valence-electron chi connectivity index (χ3n) is 2.04. The van der Waals surface area contributed by atoms with Gasteiger partial charge in [0.2, 0.25) is 10.1 Å². The Labute approximate surface area is 102 Å². The number of pyridine rings is 1. The van der Waals surface area contributed by atoms with Gasteiger partial charge >= 0.3 is 0 Å². The Hall–Kier alpha value is -2.02. The summed E-state index contributed by atoms with van der Waals surface area (Å²) in [5.74, 6) is -0.221. The number of aromatic nitrogens is 3. The summed E-state index contributed by atoms with van der Waals surface area (Å²) in [6.07, 6.45) is 3.37. The average Bonchev–Trinajstić information content (AvgIpc) is 2.86. The Balaban J connectivity index is 1.93. The van der Waals surface area contributed by atoms with Crippen LogP contribution in [0.15, 0.2) is 24.5 Å². The van der Waals surface area contributed by atoms with Crippen LogP contribution in [0, 0.1) is 0 Å². The lowest BCUT2D eigenvalue weighted by Crippen LogP contribution is -2.22. The first kappa shape index (κ1) is 11.5. The number of carbonyl (C=O) groups is 1. The fourth-order valence-corrected chi connectivity index (χ4v) is 1.79. The molecule has 7 heteroatoms. The second kappa shape index (κ2) is 5.35. The molecule has 88 valence electrons. The van der Waals surface area contributed by atoms with E-state index in [1.54, 1.807) is 19.4 Å². The quantitative estimate of drug-likeness (QED) is 0.841. The van der Waals surface area contributed by atoms with Crippen molar-refractivity contribution in [1.82, 2.24) is 20.5 Å². The molecule has 2 N–H and O–H groups in total. The lowest BCUT2D eigenvalue weighted by molar-refractivity contribution is 0.0950. The van der Waals surface area contributed by atoms with Crippen LogP contribution in [-0.4, -0.2) is 28.1 Å². The maximum Gasteiger partial charge on any atom is 0.282 e. The van der Waals surface area contributed by atoms with Gasteiger partial charge in [0.25, 0.3) is 5.91 Å². The van der Waals surface area contributed by atoms with E-state index in [1.165, 1.54) is 11.3 Å². The summed E-state index contributed by atoms with van der Waals surface area (Å²) in [6, 6.07) is 3.69. The van der Waals surface area contributed by atoms with Crippen LogP contribution in [0.25, 0.3) is 0 Å². The van der Waals surface area contributed by atoms with Crippen LogP contribution in [-0.2, 0) is 6.54 Å². The molecule has 0 bridgehead atoms. The molecule has 0 aliphatic rings. The third kappa shape index (κ3) is 2.97. The molecule has 0 spiro atoms. The van der Waals surface area contributed by atoms with Gasteiger partial charge < -0.3 is 10.6 Å². The molecule has 0 unspecified atom stereocenters. The highest BCUT2D eigenvalue weighted by atomic mass is 32.1. The molecule has 0 saturated heterocycles. The fraction of sp³-hybridized carbons (Fsp3) is 0.200. The monoisotopic (exact) mass is 249 g/mol. The van der Waals surface area contributed by atoms with E-state index in [0.29, 0.717) is 16.7 Å². The largest absolute Gasteiger partial charge is 0.363 e. The first-order valence-corrected chi connectivity index (χ1v) is 5.79. The zero-order chi connectivity index (χ0) is 12.1. The average molecular weight is 249 g/mol. The maximum absolute atomic E-state index is 11.7. The molecule has 0 saturated carbocycles. The van der Waals surface area contributed by atoms with Gasteiger partial charge in [-0.05, 0) is 17.7 Å². The molecule has 0 aliphatic heterocycles. The molecule has 0 atom stereocenters. The van der Waals surface area contributed by atoms with Gasteiger partial charge in [-0.3, -0.25) is 9.78 Å². The molecular weight excluding hydrogens is 238 g/mol. The second-order valence-electron chi connectivity index (χ2n) is 3.20. The number of nitrogens with zero attached hydrogens (tertiary/aromatic N) is 3. The number of amides is 1. The van der Waals surface area contributed by atoms with Crippen LogP contribution >= 0.6 is 11.3 Å². The van der Waals surface area contributed by atoms with Gasteiger partial charge in [-0.2, -0.15) is 0 Å². The molecule has 0 fully saturated rings. The van der Waals surface area contributed by atoms with Crippen LogP contribution in [0.1, 0.15) is 15.4 Å². The number of rotatable bonds is 4. The van der Waals surface area contributed by atoms with Crippen molar-refractivity contribution in [2.24, 2.45) is 0 Å². The summed E-state index contributed by atoms with van der Waals surface area (Å²) in [5.41, 5.74) is 0.992. The van der Waals surface area contributed by atoms with Gasteiger partial charge in [-0.1, -0.05) is 11.3 Å². The van der Waals surface area contributed by atoms with Crippen LogP contribution in [0.2, 0.25) is 0 Å². The topological polar surface area (TPSA) is 79.8 Å². The molecule has 2 aromatic heterocycles. The summed E-state index contributed by atoms with van der Waals surface area (Å²) in [6.45, 7) is 0.454. The predicted molar refractivity (Wildman–Crippen MR) is 64.9 cm³/mol. The Morgan fingerprint density at radius 2 is 2.12 bits per heavy atom. The summed E-state index contributed by atoms with van der Waals surface area (Å²) < 4.78 is 0. The molecule has 0 aromatic carbocycles. The third-order valence-corrected chi connectivity index (χ3v) is 2.98. The van der Waals surface area contributed by atoms with E-state index in [4.69, 9.17) is 0 Å². The summed E-state index contributed by atoms with van der Waals surface area (Å²) in [7, 11) is 1.74. The highest BCUT2D eigenvalue weighted by Crippen LogP contribution is 2.13. The zero-order valence-electron chi connectivity index (χ0n) is 9.17. The molecule has 6 nitrogen and oxygen atoms in total. The highest BCUT2D eigenvalue weighted by Gasteiger charge is 2.11. The van der Waals surface area contributed by atoms with E-state index in [0.717, 1.165) is 5.56 Å². The molecular formula is C10H11N5OS. The van der Waals surface area contributed by atoms with Crippen molar-refractivity contribution in [3.05, 3.63) is 35.1 Å². The normalized spacial score (nSPS) is 9.94. The first-order valence-electron chi connectivity index (χ1n) is 4.98. The minimum absolute atomic E-state index is 0.221. The number of anilines is 1. The van der Waals surface area contributed by atoms with Crippen LogP contribution in [0.3, 0.4) is 0 Å². The Bertz CT molecular complexity index is 498. The summed E-state index contributed by atoms with van der Waals surface area (Å²) in [5, 5.41) is 14.2. The SMILES string of the molecule is CNc1nnc(C(=O)NCc2ccncc2)s1. The van der Waals surface area contributed by atoms with Crippen molar-refractivity contribution in [2.75, 3.05) is 12.4 Å². The van der Waals surface area contributed by atoms with E-state index in [1.807, 2.05) is 12.1 Å². The van der Waals surface area contributed by atoms with Crippen molar-refractivity contribution in [2.45, 2.75) is 6.54 Å². The van der Waals surface area contributed by atoms with Gasteiger partial charge in [0.1, 0.15) is 0 Å². The summed E-state index contributed by atoms with van der Waals surface area (Å²) in [4.78, 5) is 15.6. The standard InChI is InChI=1S/C10H11N5OS/c1-11-10-15-14-9(17-10)8(16)13-6-7-2-4-12-5-3-7/h2-5H,6H2,1H3,(H,11,15)(H,13,16). The van der Waals surface area contributed by atoms with E-state index in [-0.39, 0.29) is 5.91 Å². The van der Waals surface area contributed by atoms with Crippen LogP contribution < -0.4 is 10.6 Å². The lowest BCUT2D eigenvalue weighted by atomic mass is 10.3. The smallest absolute Gasteiger partial charge is 0.282 e. The Morgan fingerprint density at radius 1 is 1.35 bits per heavy atom. The van der Waals surface area contributed by atoms with Gasteiger partial charge in [-0.25, -0.2) is 0 Å². The maximum atomic E-state index is 11.7. The predicted octanol–water partition coefficient (Wildman–Crippen LogP) is 0.905. The number of hydrogen-bond acceptors (Lipinski definition) is 6. The first-order chi connectivity index (χ1) is 8.29. The van der Waals surface area contributed by atoms with Gasteiger partial charge in [0.15, 0.2) is 0 Å². The summed E-state index contributed by atoms with van der Waals surface area (Å²) >= 11 is 1.22. The van der Waals surface area contributed by atoms with Crippen molar-refractivity contribution in [3.8, 4) is 0 Å². The van der Waals surface area contributed by atoms with Gasteiger partial charge in [0, 0.05) is 26.0 Å². The van der Waals surface area contributed by atoms with Crippen molar-refractivity contribution in [3.63, 3.8) is 0 Å². The number of hydrogen-bond donors (Lipinski definition) is 2. The minimum Gasteiger partial charge on any atom is -0.363 e. The minimum atomic E-state index is -0.221. The van der Waals surface area contributed by atoms with Crippen LogP contribution in [0.4, 0.5) is 5.13 Å². The van der Waals surface area contributed by atoms with Gasteiger partial charge in [-0.15, -0.1) is 10.2 Å².